The summed E-state index contributed by atoms with van der Waals surface area (Å²) < 4.78 is 32.2. The highest BCUT2D eigenvalue weighted by atomic mass is 32.2. The number of nitrogens with zero attached hydrogens (tertiary/aromatic N) is 3. The van der Waals surface area contributed by atoms with Crippen LogP contribution in [-0.4, -0.2) is 67.7 Å². The average Bonchev–Trinajstić information content (AvgIpc) is 3.32. The third-order valence-corrected chi connectivity index (χ3v) is 8.49. The Morgan fingerprint density at radius 2 is 1.60 bits per heavy atom. The SMILES string of the molecule is CNC1COCC(N2CCC3(CCN(Sc4ccc(C#N)cc4)CC3)C2)C1.Fc1ccc(F)cc1. The Morgan fingerprint density at radius 1 is 0.971 bits per heavy atom. The zero-order valence-corrected chi connectivity index (χ0v) is 21.1. The highest BCUT2D eigenvalue weighted by molar-refractivity contribution is 7.97. The van der Waals surface area contributed by atoms with Gasteiger partial charge in [0.1, 0.15) is 11.6 Å². The molecule has 0 bridgehead atoms. The third-order valence-electron chi connectivity index (χ3n) is 7.38. The number of likely N-dealkylation sites (N-methyl/N-ethyl adjacent to an activating group) is 1. The molecule has 2 aromatic rings. The number of nitriles is 1. The van der Waals surface area contributed by atoms with Gasteiger partial charge >= 0.3 is 0 Å². The van der Waals surface area contributed by atoms with Crippen LogP contribution in [0.1, 0.15) is 31.2 Å². The Hall–Kier alpha value is -2.02. The first-order valence-corrected chi connectivity index (χ1v) is 13.1. The molecule has 3 heterocycles. The number of halogens is 2. The number of hydrogen-bond donors (Lipinski definition) is 1. The molecule has 1 spiro atoms. The summed E-state index contributed by atoms with van der Waals surface area (Å²) in [6.07, 6.45) is 5.13. The van der Waals surface area contributed by atoms with E-state index < -0.39 is 11.6 Å². The standard InChI is InChI=1S/C21H30N4OS.C6H4F2/c1-23-18-12-19(15-26-14-18)24-9-6-21(16-24)7-10-25(11-8-21)27-20-4-2-17(13-22)3-5-20;7-5-1-2-6(8)4-3-5/h2-5,18-19,23H,6-12,14-16H2,1H3;1-4H. The highest BCUT2D eigenvalue weighted by Gasteiger charge is 2.43. The second kappa shape index (κ2) is 12.3. The summed E-state index contributed by atoms with van der Waals surface area (Å²) in [5.74, 6) is -0.821. The van der Waals surface area contributed by atoms with Gasteiger partial charge in [-0.2, -0.15) is 5.26 Å². The second-order valence-corrected chi connectivity index (χ2v) is 10.9. The van der Waals surface area contributed by atoms with Crippen LogP contribution in [0.5, 0.6) is 0 Å². The minimum Gasteiger partial charge on any atom is -0.378 e. The number of hydrogen-bond acceptors (Lipinski definition) is 6. The predicted octanol–water partition coefficient (Wildman–Crippen LogP) is 4.69. The Balaban J connectivity index is 0.000000308. The molecule has 3 aliphatic heterocycles. The lowest BCUT2D eigenvalue weighted by Gasteiger charge is -2.40. The van der Waals surface area contributed by atoms with Crippen LogP contribution in [0.25, 0.3) is 0 Å². The molecule has 5 nitrogen and oxygen atoms in total. The number of benzene rings is 2. The van der Waals surface area contributed by atoms with Crippen molar-refractivity contribution in [2.75, 3.05) is 46.4 Å². The van der Waals surface area contributed by atoms with E-state index >= 15 is 0 Å². The number of ether oxygens (including phenoxy) is 1. The first-order chi connectivity index (χ1) is 17.0. The van der Waals surface area contributed by atoms with Gasteiger partial charge in [-0.05, 0) is 105 Å². The maximum absolute atomic E-state index is 11.9. The van der Waals surface area contributed by atoms with Gasteiger partial charge in [0, 0.05) is 36.6 Å². The largest absolute Gasteiger partial charge is 0.378 e. The summed E-state index contributed by atoms with van der Waals surface area (Å²) in [6, 6.07) is 15.5. The molecule has 0 saturated carbocycles. The van der Waals surface area contributed by atoms with Crippen molar-refractivity contribution in [3.8, 4) is 6.07 Å². The van der Waals surface area contributed by atoms with Gasteiger partial charge in [0.15, 0.2) is 0 Å². The van der Waals surface area contributed by atoms with Crippen molar-refractivity contribution in [2.24, 2.45) is 5.41 Å². The monoisotopic (exact) mass is 500 g/mol. The van der Waals surface area contributed by atoms with Crippen LogP contribution in [0, 0.1) is 28.4 Å². The van der Waals surface area contributed by atoms with Crippen LogP contribution < -0.4 is 5.32 Å². The topological polar surface area (TPSA) is 51.5 Å². The normalized spacial score (nSPS) is 24.5. The quantitative estimate of drug-likeness (QED) is 0.615. The molecule has 35 heavy (non-hydrogen) atoms. The first kappa shape index (κ1) is 26.1. The van der Waals surface area contributed by atoms with E-state index in [1.54, 1.807) is 0 Å². The molecule has 0 aliphatic carbocycles. The number of rotatable bonds is 4. The van der Waals surface area contributed by atoms with Crippen molar-refractivity contribution in [1.82, 2.24) is 14.5 Å². The van der Waals surface area contributed by atoms with Crippen LogP contribution in [0.4, 0.5) is 8.78 Å². The van der Waals surface area contributed by atoms with Crippen molar-refractivity contribution in [2.45, 2.75) is 42.7 Å². The zero-order chi connectivity index (χ0) is 24.7. The van der Waals surface area contributed by atoms with Gasteiger partial charge in [-0.3, -0.25) is 4.90 Å². The van der Waals surface area contributed by atoms with E-state index in [0.717, 1.165) is 56.1 Å². The Morgan fingerprint density at radius 3 is 2.20 bits per heavy atom. The molecular formula is C27H34F2N4OS. The van der Waals surface area contributed by atoms with Gasteiger partial charge in [-0.25, -0.2) is 13.1 Å². The van der Waals surface area contributed by atoms with Crippen LogP contribution >= 0.6 is 11.9 Å². The van der Waals surface area contributed by atoms with Crippen molar-refractivity contribution in [3.05, 3.63) is 65.7 Å². The Bertz CT molecular complexity index is 953. The van der Waals surface area contributed by atoms with Gasteiger partial charge < -0.3 is 10.1 Å². The van der Waals surface area contributed by atoms with Crippen molar-refractivity contribution in [1.29, 1.82) is 5.26 Å². The molecule has 188 valence electrons. The van der Waals surface area contributed by atoms with Gasteiger partial charge in [0.05, 0.1) is 24.8 Å². The third kappa shape index (κ3) is 7.25. The fraction of sp³-hybridized carbons (Fsp3) is 0.519. The smallest absolute Gasteiger partial charge is 0.123 e. The molecule has 0 amide bonds. The molecule has 3 saturated heterocycles. The van der Waals surface area contributed by atoms with E-state index in [1.165, 1.54) is 43.7 Å². The van der Waals surface area contributed by atoms with Gasteiger partial charge in [0.2, 0.25) is 0 Å². The number of likely N-dealkylation sites (tertiary alicyclic amines) is 1. The molecule has 1 N–H and O–H groups in total. The van der Waals surface area contributed by atoms with Crippen LogP contribution in [0.2, 0.25) is 0 Å². The molecule has 2 atom stereocenters. The maximum Gasteiger partial charge on any atom is 0.123 e. The van der Waals surface area contributed by atoms with Crippen molar-refractivity contribution in [3.63, 3.8) is 0 Å². The summed E-state index contributed by atoms with van der Waals surface area (Å²) in [6.45, 7) is 6.53. The lowest BCUT2D eigenvalue weighted by molar-refractivity contribution is 0.00306. The molecule has 0 radical (unpaired) electrons. The molecule has 3 fully saturated rings. The lowest BCUT2D eigenvalue weighted by Crippen LogP contribution is -2.49. The summed E-state index contributed by atoms with van der Waals surface area (Å²) in [4.78, 5) is 3.93. The Kier molecular flexibility index (Phi) is 9.15. The molecule has 5 rings (SSSR count). The fourth-order valence-corrected chi connectivity index (χ4v) is 6.10. The van der Waals surface area contributed by atoms with Crippen LogP contribution in [-0.2, 0) is 4.74 Å². The number of nitrogens with one attached hydrogen (secondary N) is 1. The Labute approximate surface area is 211 Å². The molecule has 2 unspecified atom stereocenters. The molecule has 0 aromatic heterocycles. The minimum atomic E-state index is -0.411. The predicted molar refractivity (Wildman–Crippen MR) is 135 cm³/mol. The van der Waals surface area contributed by atoms with E-state index in [2.05, 4.69) is 32.7 Å². The van der Waals surface area contributed by atoms with Crippen LogP contribution in [0.15, 0.2) is 53.4 Å². The summed E-state index contributed by atoms with van der Waals surface area (Å²) in [5, 5.41) is 12.3. The molecule has 2 aromatic carbocycles. The molecular weight excluding hydrogens is 466 g/mol. The van der Waals surface area contributed by atoms with Crippen molar-refractivity contribution >= 4 is 11.9 Å². The van der Waals surface area contributed by atoms with E-state index in [4.69, 9.17) is 10.00 Å². The number of piperidine rings is 1. The van der Waals surface area contributed by atoms with E-state index in [0.29, 0.717) is 17.5 Å². The summed E-state index contributed by atoms with van der Waals surface area (Å²) in [5.41, 5.74) is 1.24. The fourth-order valence-electron chi connectivity index (χ4n) is 5.18. The van der Waals surface area contributed by atoms with Gasteiger partial charge in [0.25, 0.3) is 0 Å². The van der Waals surface area contributed by atoms with Gasteiger partial charge in [-0.15, -0.1) is 0 Å². The first-order valence-electron chi connectivity index (χ1n) is 12.3. The zero-order valence-electron chi connectivity index (χ0n) is 20.3. The summed E-state index contributed by atoms with van der Waals surface area (Å²) in [7, 11) is 2.04. The van der Waals surface area contributed by atoms with Crippen molar-refractivity contribution < 1.29 is 13.5 Å². The minimum absolute atomic E-state index is 0.411. The average molecular weight is 501 g/mol. The molecule has 8 heteroatoms. The van der Waals surface area contributed by atoms with E-state index in [-0.39, 0.29) is 0 Å². The molecule has 3 aliphatic rings. The lowest BCUT2D eigenvalue weighted by atomic mass is 9.78. The highest BCUT2D eigenvalue weighted by Crippen LogP contribution is 2.43. The maximum atomic E-state index is 11.9. The summed E-state index contributed by atoms with van der Waals surface area (Å²) >= 11 is 1.84. The van der Waals surface area contributed by atoms with Gasteiger partial charge in [-0.1, -0.05) is 0 Å². The van der Waals surface area contributed by atoms with Crippen LogP contribution in [0.3, 0.4) is 0 Å². The second-order valence-electron chi connectivity index (χ2n) is 9.73. The van der Waals surface area contributed by atoms with E-state index in [1.807, 2.05) is 31.1 Å². The van der Waals surface area contributed by atoms with E-state index in [9.17, 15) is 8.78 Å².